The fraction of sp³-hybridized carbons (Fsp3) is 0. The highest BCUT2D eigenvalue weighted by Crippen LogP contribution is 2.22. The van der Waals surface area contributed by atoms with E-state index in [1.54, 1.807) is 0 Å². The van der Waals surface area contributed by atoms with Gasteiger partial charge in [-0.1, -0.05) is 0 Å². The van der Waals surface area contributed by atoms with Crippen molar-refractivity contribution >= 4 is 22.6 Å². The van der Waals surface area contributed by atoms with Crippen LogP contribution < -0.4 is 5.73 Å². The molecule has 1 heterocycles. The number of carbonyl (C=O) groups is 1. The number of carboxylic acid groups (broad SMARTS) is 1. The number of hydrogen-bond donors (Lipinski definition) is 2. The maximum absolute atomic E-state index is 13.3. The topological polar surface area (TPSA) is 76.2 Å². The van der Waals surface area contributed by atoms with Crippen LogP contribution in [0, 0.1) is 5.82 Å². The SMILES string of the molecule is Nc1ccc(F)c2ccc(C(=O)O)nc12. The molecule has 0 aliphatic carbocycles. The van der Waals surface area contributed by atoms with E-state index in [-0.39, 0.29) is 22.3 Å². The number of nitrogen functional groups attached to an aromatic ring is 1. The number of aromatic carboxylic acids is 1. The van der Waals surface area contributed by atoms with Gasteiger partial charge in [0.25, 0.3) is 0 Å². The van der Waals surface area contributed by atoms with Gasteiger partial charge in [-0.25, -0.2) is 14.2 Å². The number of carboxylic acids is 1. The van der Waals surface area contributed by atoms with Gasteiger partial charge in [-0.15, -0.1) is 0 Å². The molecule has 0 fully saturated rings. The third-order valence-electron chi connectivity index (χ3n) is 2.05. The Morgan fingerprint density at radius 3 is 2.73 bits per heavy atom. The highest BCUT2D eigenvalue weighted by Gasteiger charge is 2.09. The Labute approximate surface area is 84.2 Å². The molecule has 1 aromatic heterocycles. The zero-order chi connectivity index (χ0) is 11.0. The first kappa shape index (κ1) is 9.39. The van der Waals surface area contributed by atoms with Gasteiger partial charge in [-0.3, -0.25) is 0 Å². The maximum atomic E-state index is 13.3. The summed E-state index contributed by atoms with van der Waals surface area (Å²) in [5.41, 5.74) is 5.85. The molecule has 0 spiro atoms. The number of halogens is 1. The Morgan fingerprint density at radius 1 is 1.33 bits per heavy atom. The average molecular weight is 206 g/mol. The van der Waals surface area contributed by atoms with Gasteiger partial charge in [-0.05, 0) is 24.3 Å². The van der Waals surface area contributed by atoms with Crippen molar-refractivity contribution in [2.45, 2.75) is 0 Å². The van der Waals surface area contributed by atoms with Crippen LogP contribution in [0.4, 0.5) is 10.1 Å². The van der Waals surface area contributed by atoms with E-state index in [0.717, 1.165) is 0 Å². The van der Waals surface area contributed by atoms with Crippen molar-refractivity contribution in [2.24, 2.45) is 0 Å². The van der Waals surface area contributed by atoms with Crippen LogP contribution in [0.1, 0.15) is 10.5 Å². The Balaban J connectivity index is 2.81. The van der Waals surface area contributed by atoms with Crippen LogP contribution in [0.3, 0.4) is 0 Å². The van der Waals surface area contributed by atoms with E-state index < -0.39 is 11.8 Å². The lowest BCUT2D eigenvalue weighted by Crippen LogP contribution is -2.01. The number of pyridine rings is 1. The van der Waals surface area contributed by atoms with Crippen molar-refractivity contribution in [1.29, 1.82) is 0 Å². The number of nitrogens with two attached hydrogens (primary N) is 1. The van der Waals surface area contributed by atoms with E-state index in [9.17, 15) is 9.18 Å². The second-order valence-electron chi connectivity index (χ2n) is 3.03. The van der Waals surface area contributed by atoms with E-state index in [2.05, 4.69) is 4.98 Å². The van der Waals surface area contributed by atoms with Gasteiger partial charge in [0, 0.05) is 5.39 Å². The third-order valence-corrected chi connectivity index (χ3v) is 2.05. The number of nitrogens with zero attached hydrogens (tertiary/aromatic N) is 1. The van der Waals surface area contributed by atoms with Crippen LogP contribution in [0.25, 0.3) is 10.9 Å². The van der Waals surface area contributed by atoms with Crippen molar-refractivity contribution in [1.82, 2.24) is 4.98 Å². The molecule has 2 aromatic rings. The quantitative estimate of drug-likeness (QED) is 0.695. The Bertz CT molecular complexity index is 554. The summed E-state index contributed by atoms with van der Waals surface area (Å²) in [5, 5.41) is 8.93. The summed E-state index contributed by atoms with van der Waals surface area (Å²) < 4.78 is 13.3. The predicted molar refractivity (Wildman–Crippen MR) is 53.1 cm³/mol. The summed E-state index contributed by atoms with van der Waals surface area (Å²) in [6.07, 6.45) is 0. The molecule has 76 valence electrons. The minimum Gasteiger partial charge on any atom is -0.477 e. The zero-order valence-electron chi connectivity index (χ0n) is 7.57. The third kappa shape index (κ3) is 1.48. The summed E-state index contributed by atoms with van der Waals surface area (Å²) in [4.78, 5) is 14.4. The van der Waals surface area contributed by atoms with E-state index in [4.69, 9.17) is 10.8 Å². The van der Waals surface area contributed by atoms with Crippen molar-refractivity contribution in [3.63, 3.8) is 0 Å². The normalized spacial score (nSPS) is 10.5. The summed E-state index contributed by atoms with van der Waals surface area (Å²) in [7, 11) is 0. The minimum absolute atomic E-state index is 0.153. The molecule has 0 radical (unpaired) electrons. The molecule has 3 N–H and O–H groups in total. The van der Waals surface area contributed by atoms with Gasteiger partial charge < -0.3 is 10.8 Å². The van der Waals surface area contributed by atoms with E-state index in [1.165, 1.54) is 24.3 Å². The van der Waals surface area contributed by atoms with Crippen molar-refractivity contribution in [3.05, 3.63) is 35.8 Å². The van der Waals surface area contributed by atoms with Crippen LogP contribution in [-0.2, 0) is 0 Å². The Hall–Kier alpha value is -2.17. The minimum atomic E-state index is -1.17. The predicted octanol–water partition coefficient (Wildman–Crippen LogP) is 1.65. The fourth-order valence-electron chi connectivity index (χ4n) is 1.32. The van der Waals surface area contributed by atoms with Crippen LogP contribution in [0.15, 0.2) is 24.3 Å². The molecule has 0 saturated carbocycles. The monoisotopic (exact) mass is 206 g/mol. The summed E-state index contributed by atoms with van der Waals surface area (Å²) in [5.74, 6) is -1.63. The Morgan fingerprint density at radius 2 is 2.07 bits per heavy atom. The molecule has 4 nitrogen and oxygen atoms in total. The molecular weight excluding hydrogens is 199 g/mol. The molecule has 0 amide bonds. The van der Waals surface area contributed by atoms with Gasteiger partial charge in [0.1, 0.15) is 11.5 Å². The van der Waals surface area contributed by atoms with Crippen LogP contribution >= 0.6 is 0 Å². The zero-order valence-corrected chi connectivity index (χ0v) is 7.57. The van der Waals surface area contributed by atoms with Gasteiger partial charge in [0.05, 0.1) is 11.2 Å². The van der Waals surface area contributed by atoms with Gasteiger partial charge >= 0.3 is 5.97 Å². The molecule has 0 unspecified atom stereocenters. The lowest BCUT2D eigenvalue weighted by Gasteiger charge is -2.03. The largest absolute Gasteiger partial charge is 0.477 e. The van der Waals surface area contributed by atoms with E-state index in [1.807, 2.05) is 0 Å². The maximum Gasteiger partial charge on any atom is 0.354 e. The first-order chi connectivity index (χ1) is 7.09. The van der Waals surface area contributed by atoms with Crippen molar-refractivity contribution in [2.75, 3.05) is 5.73 Å². The summed E-state index contributed by atoms with van der Waals surface area (Å²) in [6, 6.07) is 5.18. The number of fused-ring (bicyclic) bond motifs is 1. The second-order valence-corrected chi connectivity index (χ2v) is 3.03. The summed E-state index contributed by atoms with van der Waals surface area (Å²) >= 11 is 0. The number of hydrogen-bond acceptors (Lipinski definition) is 3. The van der Waals surface area contributed by atoms with Crippen LogP contribution in [0.2, 0.25) is 0 Å². The second kappa shape index (κ2) is 3.20. The molecule has 0 bridgehead atoms. The van der Waals surface area contributed by atoms with Gasteiger partial charge in [0.15, 0.2) is 0 Å². The molecule has 0 saturated heterocycles. The number of anilines is 1. The smallest absolute Gasteiger partial charge is 0.354 e. The standard InChI is InChI=1S/C10H7FN2O2/c11-6-2-3-7(12)9-5(6)1-4-8(13-9)10(14)15/h1-4H,12H2,(H,14,15). The van der Waals surface area contributed by atoms with Gasteiger partial charge in [0.2, 0.25) is 0 Å². The summed E-state index contributed by atoms with van der Waals surface area (Å²) in [6.45, 7) is 0. The fourth-order valence-corrected chi connectivity index (χ4v) is 1.32. The highest BCUT2D eigenvalue weighted by molar-refractivity contribution is 5.94. The highest BCUT2D eigenvalue weighted by atomic mass is 19.1. The number of rotatable bonds is 1. The van der Waals surface area contributed by atoms with Gasteiger partial charge in [-0.2, -0.15) is 0 Å². The van der Waals surface area contributed by atoms with Crippen molar-refractivity contribution < 1.29 is 14.3 Å². The lowest BCUT2D eigenvalue weighted by molar-refractivity contribution is 0.0691. The molecule has 2 rings (SSSR count). The lowest BCUT2D eigenvalue weighted by atomic mass is 10.1. The van der Waals surface area contributed by atoms with Crippen LogP contribution in [0.5, 0.6) is 0 Å². The van der Waals surface area contributed by atoms with Crippen molar-refractivity contribution in [3.8, 4) is 0 Å². The van der Waals surface area contributed by atoms with E-state index in [0.29, 0.717) is 0 Å². The number of benzene rings is 1. The first-order valence-corrected chi connectivity index (χ1v) is 4.17. The molecular formula is C10H7FN2O2. The molecule has 0 atom stereocenters. The molecule has 15 heavy (non-hydrogen) atoms. The average Bonchev–Trinajstić information content (AvgIpc) is 2.23. The molecule has 1 aromatic carbocycles. The van der Waals surface area contributed by atoms with E-state index >= 15 is 0 Å². The Kier molecular flexibility index (Phi) is 2.00. The molecule has 5 heteroatoms. The molecule has 0 aliphatic rings. The van der Waals surface area contributed by atoms with Crippen LogP contribution in [-0.4, -0.2) is 16.1 Å². The molecule has 0 aliphatic heterocycles. The first-order valence-electron chi connectivity index (χ1n) is 4.17. The number of aromatic nitrogens is 1.